The third-order valence-corrected chi connectivity index (χ3v) is 4.53. The van der Waals surface area contributed by atoms with E-state index in [0.717, 1.165) is 0 Å². The Hall–Kier alpha value is -0.213. The number of hydrogen-bond acceptors (Lipinski definition) is 13. The number of carbonyl (C=O) groups excluding carboxylic acids is 3. The molecule has 13 nitrogen and oxygen atoms in total. The maximum absolute atomic E-state index is 11.2. The molecule has 0 aliphatic carbocycles. The second-order valence-corrected chi connectivity index (χ2v) is 6.86. The number of phosphoric acid groups is 2. The smallest absolute Gasteiger partial charge is 2.00 e. The van der Waals surface area contributed by atoms with Gasteiger partial charge in [-0.3, -0.25) is 0 Å². The molecule has 0 bridgehead atoms. The van der Waals surface area contributed by atoms with E-state index in [0.29, 0.717) is 0 Å². The summed E-state index contributed by atoms with van der Waals surface area (Å²) in [6, 6.07) is 0. The molecule has 129 valence electrons. The van der Waals surface area contributed by atoms with Crippen LogP contribution < -0.4 is 19.8 Å². The zero-order valence-corrected chi connectivity index (χ0v) is 16.4. The summed E-state index contributed by atoms with van der Waals surface area (Å²) in [6.45, 7) is 0. The Balaban J connectivity index is 0. The van der Waals surface area contributed by atoms with E-state index in [1.54, 1.807) is 0 Å². The van der Waals surface area contributed by atoms with Gasteiger partial charge in [-0.2, -0.15) is 0 Å². The van der Waals surface area contributed by atoms with E-state index in [9.17, 15) is 48.4 Å². The molecule has 2 unspecified atom stereocenters. The second-order valence-electron chi connectivity index (χ2n) is 3.63. The summed E-state index contributed by atoms with van der Waals surface area (Å²) in [7, 11) is -12.0. The molecule has 0 aromatic carbocycles. The Morgan fingerprint density at radius 2 is 1.52 bits per heavy atom. The summed E-state index contributed by atoms with van der Waals surface area (Å²) in [5, 5.41) is 20.2. The molecule has 1 N–H and O–H groups in total. The fourth-order valence-electron chi connectivity index (χ4n) is 1.03. The average Bonchev–Trinajstić information content (AvgIpc) is 2.23. The number of carboxylic acid groups (broad SMARTS) is 1. The van der Waals surface area contributed by atoms with E-state index in [1.165, 1.54) is 0 Å². The van der Waals surface area contributed by atoms with E-state index in [1.807, 2.05) is 0 Å². The van der Waals surface area contributed by atoms with Crippen molar-refractivity contribution in [2.75, 3.05) is 0 Å². The van der Waals surface area contributed by atoms with Gasteiger partial charge in [0.15, 0.2) is 0 Å². The molecule has 17 heteroatoms. The van der Waals surface area contributed by atoms with Crippen molar-refractivity contribution < 1.29 is 96.0 Å². The van der Waals surface area contributed by atoms with Gasteiger partial charge in [0.1, 0.15) is 0 Å². The van der Waals surface area contributed by atoms with Crippen LogP contribution in [0.1, 0.15) is 12.8 Å². The molecule has 23 heavy (non-hydrogen) atoms. The SMILES string of the molecule is O=C(CC(O)(CC(=O)OP(=O)([O-])OP(=O)([O-])[O-])C(=O)[O-])[O][Zn+2].[Ni+2]. The van der Waals surface area contributed by atoms with E-state index >= 15 is 0 Å². The molecule has 0 aromatic heterocycles. The fourth-order valence-corrected chi connectivity index (χ4v) is 2.67. The molecule has 0 aromatic rings. The molecule has 0 heterocycles. The van der Waals surface area contributed by atoms with E-state index in [-0.39, 0.29) is 35.2 Å². The Morgan fingerprint density at radius 3 is 1.87 bits per heavy atom. The molecule has 0 radical (unpaired) electrons. The predicted octanol–water partition coefficient (Wildman–Crippen LogP) is -4.89. The van der Waals surface area contributed by atoms with Crippen LogP contribution in [0.15, 0.2) is 0 Å². The van der Waals surface area contributed by atoms with Crippen LogP contribution in [0, 0.1) is 0 Å². The van der Waals surface area contributed by atoms with Crippen LogP contribution in [0.5, 0.6) is 0 Å². The maximum Gasteiger partial charge on any atom is 2.00 e. The predicted molar refractivity (Wildman–Crippen MR) is 47.7 cm³/mol. The minimum atomic E-state index is -6.06. The molecule has 0 fully saturated rings. The van der Waals surface area contributed by atoms with Gasteiger partial charge in [-0.1, -0.05) is 0 Å². The summed E-state index contributed by atoms with van der Waals surface area (Å²) in [5.74, 6) is -5.57. The van der Waals surface area contributed by atoms with E-state index in [2.05, 4.69) is 12.4 Å². The first kappa shape index (κ1) is 25.0. The fraction of sp³-hybridized carbons (Fsp3) is 0.500. The first-order chi connectivity index (χ1) is 9.71. The monoisotopic (exact) mass is 469 g/mol. The average molecular weight is 471 g/mol. The van der Waals surface area contributed by atoms with Crippen molar-refractivity contribution in [3.05, 3.63) is 0 Å². The van der Waals surface area contributed by atoms with E-state index < -0.39 is 52.0 Å². The molecular formula is C6H5NiO13P2Zn. The first-order valence-electron chi connectivity index (χ1n) is 4.86. The third kappa shape index (κ3) is 10.3. The quantitative estimate of drug-likeness (QED) is 0.259. The number of carbonyl (C=O) groups is 3. The minimum absolute atomic E-state index is 0. The number of aliphatic carboxylic acids is 1. The van der Waals surface area contributed by atoms with Crippen LogP contribution in [0.25, 0.3) is 0 Å². The number of aliphatic hydroxyl groups is 1. The van der Waals surface area contributed by atoms with Gasteiger partial charge in [0.05, 0.1) is 0 Å². The van der Waals surface area contributed by atoms with Crippen molar-refractivity contribution in [1.82, 2.24) is 0 Å². The van der Waals surface area contributed by atoms with Gasteiger partial charge < -0.3 is 0 Å². The summed E-state index contributed by atoms with van der Waals surface area (Å²) in [4.78, 5) is 63.8. The molecular weight excluding hydrogens is 466 g/mol. The molecule has 0 saturated carbocycles. The number of carboxylic acids is 1. The molecule has 0 spiro atoms. The van der Waals surface area contributed by atoms with Gasteiger partial charge in [0, 0.05) is 0 Å². The first-order valence-corrected chi connectivity index (χ1v) is 8.99. The van der Waals surface area contributed by atoms with Crippen LogP contribution in [0.3, 0.4) is 0 Å². The molecule has 0 saturated heterocycles. The van der Waals surface area contributed by atoms with Gasteiger partial charge in [-0.25, -0.2) is 0 Å². The summed E-state index contributed by atoms with van der Waals surface area (Å²) >= 11 is -0.0572. The van der Waals surface area contributed by atoms with Crippen molar-refractivity contribution in [2.45, 2.75) is 18.4 Å². The molecule has 2 atom stereocenters. The number of rotatable bonds is 8. The van der Waals surface area contributed by atoms with Crippen LogP contribution >= 0.6 is 15.6 Å². The molecule has 0 aliphatic rings. The van der Waals surface area contributed by atoms with Gasteiger partial charge in [-0.15, -0.1) is 0 Å². The van der Waals surface area contributed by atoms with Gasteiger partial charge >= 0.3 is 148 Å². The minimum Gasteiger partial charge on any atom is 2.00 e. The van der Waals surface area contributed by atoms with Crippen molar-refractivity contribution in [3.8, 4) is 0 Å². The number of hydrogen-bond donors (Lipinski definition) is 1. The van der Waals surface area contributed by atoms with Crippen molar-refractivity contribution in [1.29, 1.82) is 0 Å². The number of phosphoric ester groups is 1. The topological polar surface area (TPSA) is 226 Å². The third-order valence-electron chi connectivity index (χ3n) is 1.83. The second kappa shape index (κ2) is 9.32. The molecule has 0 amide bonds. The zero-order valence-electron chi connectivity index (χ0n) is 10.7. The molecule has 0 rings (SSSR count). The molecule has 0 aliphatic heterocycles. The Kier molecular flexibility index (Phi) is 10.1. The van der Waals surface area contributed by atoms with Gasteiger partial charge in [0.25, 0.3) is 0 Å². The van der Waals surface area contributed by atoms with Gasteiger partial charge in [0.2, 0.25) is 0 Å². The van der Waals surface area contributed by atoms with Crippen LogP contribution in [-0.2, 0) is 71.1 Å². The van der Waals surface area contributed by atoms with Crippen molar-refractivity contribution in [3.63, 3.8) is 0 Å². The largest absolute Gasteiger partial charge is 2.00 e. The Labute approximate surface area is 148 Å². The van der Waals surface area contributed by atoms with Crippen LogP contribution in [0.4, 0.5) is 0 Å². The van der Waals surface area contributed by atoms with E-state index in [4.69, 9.17) is 0 Å². The summed E-state index contributed by atoms with van der Waals surface area (Å²) in [5.41, 5.74) is -3.17. The van der Waals surface area contributed by atoms with Crippen molar-refractivity contribution in [2.24, 2.45) is 0 Å². The summed E-state index contributed by atoms with van der Waals surface area (Å²) < 4.78 is 31.5. The zero-order chi connectivity index (χ0) is 17.8. The maximum atomic E-state index is 11.2. The Bertz CT molecular complexity index is 559. The standard InChI is InChI=1S/C6H10O13P2.Ni.Zn/c7-3(8)1-6(12,5(10)11)2-4(9)18-21(16,17)19-20(13,14)15;;/h12H,1-2H2,(H,7,8)(H,10,11)(H,16,17)(H2,13,14,15);;/q;+2;+3/p-5. The van der Waals surface area contributed by atoms with Crippen molar-refractivity contribution >= 4 is 33.6 Å². The Morgan fingerprint density at radius 1 is 1.09 bits per heavy atom. The van der Waals surface area contributed by atoms with Crippen LogP contribution in [0.2, 0.25) is 0 Å². The normalized spacial score (nSPS) is 16.3. The van der Waals surface area contributed by atoms with Crippen LogP contribution in [-0.4, -0.2) is 28.6 Å². The van der Waals surface area contributed by atoms with Gasteiger partial charge in [-0.05, 0) is 0 Å². The summed E-state index contributed by atoms with van der Waals surface area (Å²) in [6.07, 6.45) is -2.89.